The summed E-state index contributed by atoms with van der Waals surface area (Å²) < 4.78 is 27.2. The molecule has 100 valence electrons. The molecule has 1 aliphatic carbocycles. The molecule has 5 heteroatoms. The van der Waals surface area contributed by atoms with E-state index in [9.17, 15) is 8.42 Å². The summed E-state index contributed by atoms with van der Waals surface area (Å²) in [5, 5.41) is 0.737. The lowest BCUT2D eigenvalue weighted by Crippen LogP contribution is -2.36. The lowest BCUT2D eigenvalue weighted by Gasteiger charge is -2.17. The minimum atomic E-state index is -3.37. The minimum absolute atomic E-state index is 0.0888. The summed E-state index contributed by atoms with van der Waals surface area (Å²) in [4.78, 5) is 0.353. The maximum absolute atomic E-state index is 12.2. The highest BCUT2D eigenvalue weighted by molar-refractivity contribution is 9.08. The summed E-state index contributed by atoms with van der Waals surface area (Å²) in [5.41, 5.74) is 1.07. The van der Waals surface area contributed by atoms with Crippen molar-refractivity contribution in [3.05, 3.63) is 29.8 Å². The Morgan fingerprint density at radius 2 is 1.94 bits per heavy atom. The molecule has 0 amide bonds. The Balaban J connectivity index is 2.14. The van der Waals surface area contributed by atoms with E-state index in [-0.39, 0.29) is 6.04 Å². The van der Waals surface area contributed by atoms with Crippen molar-refractivity contribution in [2.45, 2.75) is 42.5 Å². The van der Waals surface area contributed by atoms with E-state index in [1.54, 1.807) is 12.1 Å². The van der Waals surface area contributed by atoms with Crippen LogP contribution < -0.4 is 4.72 Å². The first kappa shape index (κ1) is 14.0. The second-order valence-electron chi connectivity index (χ2n) is 4.91. The van der Waals surface area contributed by atoms with Crippen LogP contribution in [0.4, 0.5) is 0 Å². The van der Waals surface area contributed by atoms with Gasteiger partial charge in [-0.25, -0.2) is 13.1 Å². The molecule has 18 heavy (non-hydrogen) atoms. The lowest BCUT2D eigenvalue weighted by molar-refractivity contribution is 0.476. The zero-order valence-electron chi connectivity index (χ0n) is 10.4. The van der Waals surface area contributed by atoms with Crippen LogP contribution in [0.1, 0.15) is 31.7 Å². The Bertz CT molecular complexity index is 498. The van der Waals surface area contributed by atoms with Gasteiger partial charge in [-0.15, -0.1) is 0 Å². The molecular weight excluding hydrogens is 314 g/mol. The smallest absolute Gasteiger partial charge is 0.208 e. The van der Waals surface area contributed by atoms with Crippen molar-refractivity contribution in [3.8, 4) is 0 Å². The highest BCUT2D eigenvalue weighted by Crippen LogP contribution is 2.26. The number of halogens is 1. The second-order valence-corrected chi connectivity index (χ2v) is 7.19. The van der Waals surface area contributed by atoms with E-state index in [4.69, 9.17) is 0 Å². The van der Waals surface area contributed by atoms with E-state index in [2.05, 4.69) is 27.6 Å². The van der Waals surface area contributed by atoms with Crippen LogP contribution in [0.15, 0.2) is 29.2 Å². The van der Waals surface area contributed by atoms with Crippen LogP contribution in [0, 0.1) is 5.92 Å². The fraction of sp³-hybridized carbons (Fsp3) is 0.538. The van der Waals surface area contributed by atoms with E-state index in [1.807, 2.05) is 12.1 Å². The average molecular weight is 332 g/mol. The largest absolute Gasteiger partial charge is 0.240 e. The fourth-order valence-corrected chi connectivity index (χ4v) is 4.10. The predicted molar refractivity (Wildman–Crippen MR) is 76.2 cm³/mol. The maximum atomic E-state index is 12.2. The van der Waals surface area contributed by atoms with Gasteiger partial charge in [-0.1, -0.05) is 41.4 Å². The number of hydrogen-bond acceptors (Lipinski definition) is 2. The van der Waals surface area contributed by atoms with Crippen molar-refractivity contribution >= 4 is 26.0 Å². The molecule has 0 aromatic heterocycles. The molecule has 0 radical (unpaired) electrons. The monoisotopic (exact) mass is 331 g/mol. The SMILES string of the molecule is CC1CCCC1NS(=O)(=O)c1ccc(CBr)cc1. The molecule has 1 N–H and O–H groups in total. The molecule has 0 aliphatic heterocycles. The highest BCUT2D eigenvalue weighted by Gasteiger charge is 2.28. The molecule has 1 aromatic carbocycles. The van der Waals surface area contributed by atoms with Crippen molar-refractivity contribution in [2.24, 2.45) is 5.92 Å². The third-order valence-corrected chi connectivity index (χ3v) is 5.71. The van der Waals surface area contributed by atoms with E-state index in [0.717, 1.165) is 30.2 Å². The molecule has 1 aliphatic rings. The molecule has 0 bridgehead atoms. The molecular formula is C13H18BrNO2S. The van der Waals surface area contributed by atoms with E-state index < -0.39 is 10.0 Å². The molecule has 2 rings (SSSR count). The standard InChI is InChI=1S/C13H18BrNO2S/c1-10-3-2-4-13(10)15-18(16,17)12-7-5-11(9-14)6-8-12/h5-8,10,13,15H,2-4,9H2,1H3. The van der Waals surface area contributed by atoms with Crippen molar-refractivity contribution in [1.82, 2.24) is 4.72 Å². The Morgan fingerprint density at radius 3 is 2.44 bits per heavy atom. The Kier molecular flexibility index (Phi) is 4.45. The van der Waals surface area contributed by atoms with Gasteiger partial charge in [0.1, 0.15) is 0 Å². The number of hydrogen-bond donors (Lipinski definition) is 1. The summed E-state index contributed by atoms with van der Waals surface area (Å²) >= 11 is 3.35. The Hall–Kier alpha value is -0.390. The molecule has 0 spiro atoms. The molecule has 1 saturated carbocycles. The van der Waals surface area contributed by atoms with Crippen molar-refractivity contribution in [3.63, 3.8) is 0 Å². The zero-order chi connectivity index (χ0) is 13.2. The van der Waals surface area contributed by atoms with Gasteiger partial charge >= 0.3 is 0 Å². The summed E-state index contributed by atoms with van der Waals surface area (Å²) in [6.45, 7) is 2.11. The summed E-state index contributed by atoms with van der Waals surface area (Å²) in [6, 6.07) is 7.09. The third kappa shape index (κ3) is 3.13. The molecule has 0 heterocycles. The van der Waals surface area contributed by atoms with Crippen LogP contribution in [-0.2, 0) is 15.4 Å². The van der Waals surface area contributed by atoms with Crippen LogP contribution in [0.2, 0.25) is 0 Å². The topological polar surface area (TPSA) is 46.2 Å². The zero-order valence-corrected chi connectivity index (χ0v) is 12.8. The molecule has 2 unspecified atom stereocenters. The minimum Gasteiger partial charge on any atom is -0.208 e. The van der Waals surface area contributed by atoms with Crippen LogP contribution in [-0.4, -0.2) is 14.5 Å². The van der Waals surface area contributed by atoms with Crippen LogP contribution in [0.5, 0.6) is 0 Å². The van der Waals surface area contributed by atoms with Gasteiger partial charge in [0.15, 0.2) is 0 Å². The van der Waals surface area contributed by atoms with Gasteiger partial charge in [0.25, 0.3) is 0 Å². The van der Waals surface area contributed by atoms with Gasteiger partial charge in [-0.05, 0) is 36.5 Å². The van der Waals surface area contributed by atoms with Crippen LogP contribution in [0.25, 0.3) is 0 Å². The maximum Gasteiger partial charge on any atom is 0.240 e. The van der Waals surface area contributed by atoms with Gasteiger partial charge in [0.2, 0.25) is 10.0 Å². The van der Waals surface area contributed by atoms with E-state index >= 15 is 0 Å². The second kappa shape index (κ2) is 5.72. The van der Waals surface area contributed by atoms with Gasteiger partial charge < -0.3 is 0 Å². The summed E-state index contributed by atoms with van der Waals surface area (Å²) in [7, 11) is -3.37. The number of alkyl halides is 1. The normalized spacial score (nSPS) is 24.3. The predicted octanol–water partition coefficient (Wildman–Crippen LogP) is 3.05. The van der Waals surface area contributed by atoms with Crippen molar-refractivity contribution < 1.29 is 8.42 Å². The highest BCUT2D eigenvalue weighted by atomic mass is 79.9. The first-order valence-electron chi connectivity index (χ1n) is 6.20. The first-order valence-corrected chi connectivity index (χ1v) is 8.80. The van der Waals surface area contributed by atoms with Crippen LogP contribution in [0.3, 0.4) is 0 Å². The molecule has 3 nitrogen and oxygen atoms in total. The molecule has 1 fully saturated rings. The van der Waals surface area contributed by atoms with Crippen LogP contribution >= 0.6 is 15.9 Å². The average Bonchev–Trinajstić information content (AvgIpc) is 2.74. The van der Waals surface area contributed by atoms with Crippen molar-refractivity contribution in [2.75, 3.05) is 0 Å². The fourth-order valence-electron chi connectivity index (χ4n) is 2.35. The van der Waals surface area contributed by atoms with E-state index in [1.165, 1.54) is 0 Å². The summed E-state index contributed by atoms with van der Waals surface area (Å²) in [5.74, 6) is 0.432. The van der Waals surface area contributed by atoms with Gasteiger partial charge in [0, 0.05) is 11.4 Å². The number of rotatable bonds is 4. The number of sulfonamides is 1. The molecule has 1 aromatic rings. The Labute approximate surface area is 117 Å². The number of nitrogens with one attached hydrogen (secondary N) is 1. The Morgan fingerprint density at radius 1 is 1.28 bits per heavy atom. The lowest BCUT2D eigenvalue weighted by atomic mass is 10.1. The molecule has 2 atom stereocenters. The molecule has 0 saturated heterocycles. The van der Waals surface area contributed by atoms with Gasteiger partial charge in [-0.2, -0.15) is 0 Å². The summed E-state index contributed by atoms with van der Waals surface area (Å²) in [6.07, 6.45) is 3.16. The van der Waals surface area contributed by atoms with Crippen molar-refractivity contribution in [1.29, 1.82) is 0 Å². The van der Waals surface area contributed by atoms with Gasteiger partial charge in [-0.3, -0.25) is 0 Å². The quantitative estimate of drug-likeness (QED) is 0.862. The number of benzene rings is 1. The van der Waals surface area contributed by atoms with Gasteiger partial charge in [0.05, 0.1) is 4.90 Å². The third-order valence-electron chi connectivity index (χ3n) is 3.56. The first-order chi connectivity index (χ1) is 8.53. The van der Waals surface area contributed by atoms with E-state index in [0.29, 0.717) is 10.8 Å².